The molecule has 1 amide bonds. The van der Waals surface area contributed by atoms with Gasteiger partial charge in [-0.25, -0.2) is 0 Å². The lowest BCUT2D eigenvalue weighted by Gasteiger charge is -2.30. The first-order valence-corrected chi connectivity index (χ1v) is 7.84. The second kappa shape index (κ2) is 6.23. The van der Waals surface area contributed by atoms with Crippen LogP contribution in [0.4, 0.5) is 0 Å². The lowest BCUT2D eigenvalue weighted by atomic mass is 9.91. The summed E-state index contributed by atoms with van der Waals surface area (Å²) in [6.07, 6.45) is 6.74. The highest BCUT2D eigenvalue weighted by Gasteiger charge is 2.40. The zero-order valence-corrected chi connectivity index (χ0v) is 12.7. The van der Waals surface area contributed by atoms with E-state index in [1.54, 1.807) is 0 Å². The third-order valence-corrected chi connectivity index (χ3v) is 4.73. The van der Waals surface area contributed by atoms with Crippen molar-refractivity contribution >= 4 is 5.91 Å². The molecular weight excluding hydrogens is 238 g/mol. The van der Waals surface area contributed by atoms with Crippen LogP contribution in [0.25, 0.3) is 0 Å². The highest BCUT2D eigenvalue weighted by Crippen LogP contribution is 2.27. The van der Waals surface area contributed by atoms with Crippen molar-refractivity contribution < 1.29 is 4.79 Å². The van der Waals surface area contributed by atoms with Gasteiger partial charge in [-0.05, 0) is 52.6 Å². The Morgan fingerprint density at radius 2 is 2.26 bits per heavy atom. The third-order valence-electron chi connectivity index (χ3n) is 4.73. The monoisotopic (exact) mass is 267 g/mol. The molecule has 2 unspecified atom stereocenters. The molecule has 4 heteroatoms. The lowest BCUT2D eigenvalue weighted by Crippen LogP contribution is -2.55. The normalized spacial score (nSPS) is 28.6. The average molecular weight is 267 g/mol. The SMILES string of the molecule is CCCC1(C(=O)NCC(C)N(C)C2CC2)CCCN1. The molecule has 2 fully saturated rings. The molecule has 0 aromatic heterocycles. The van der Waals surface area contributed by atoms with Gasteiger partial charge in [-0.3, -0.25) is 9.69 Å². The van der Waals surface area contributed by atoms with Crippen LogP contribution in [0.1, 0.15) is 52.4 Å². The standard InChI is InChI=1S/C15H29N3O/c1-4-8-15(9-5-10-17-15)14(19)16-11-12(2)18(3)13-6-7-13/h12-13,17H,4-11H2,1-3H3,(H,16,19). The fourth-order valence-electron chi connectivity index (χ4n) is 3.15. The van der Waals surface area contributed by atoms with E-state index in [-0.39, 0.29) is 11.4 Å². The number of carbonyl (C=O) groups is 1. The van der Waals surface area contributed by atoms with Gasteiger partial charge in [-0.2, -0.15) is 0 Å². The molecule has 2 atom stereocenters. The van der Waals surface area contributed by atoms with E-state index in [1.807, 2.05) is 0 Å². The van der Waals surface area contributed by atoms with Crippen LogP contribution in [-0.2, 0) is 4.79 Å². The minimum atomic E-state index is -0.285. The number of nitrogens with zero attached hydrogens (tertiary/aromatic N) is 1. The molecule has 0 radical (unpaired) electrons. The van der Waals surface area contributed by atoms with Crippen LogP contribution in [0.15, 0.2) is 0 Å². The summed E-state index contributed by atoms with van der Waals surface area (Å²) in [5.41, 5.74) is -0.285. The number of nitrogens with one attached hydrogen (secondary N) is 2. The predicted molar refractivity (Wildman–Crippen MR) is 78.1 cm³/mol. The van der Waals surface area contributed by atoms with E-state index in [2.05, 4.69) is 36.4 Å². The summed E-state index contributed by atoms with van der Waals surface area (Å²) >= 11 is 0. The molecule has 1 heterocycles. The van der Waals surface area contributed by atoms with Crippen LogP contribution in [0.3, 0.4) is 0 Å². The van der Waals surface area contributed by atoms with Crippen molar-refractivity contribution in [1.29, 1.82) is 0 Å². The maximum Gasteiger partial charge on any atom is 0.240 e. The van der Waals surface area contributed by atoms with Crippen LogP contribution < -0.4 is 10.6 Å². The van der Waals surface area contributed by atoms with Gasteiger partial charge in [0.15, 0.2) is 0 Å². The molecule has 2 N–H and O–H groups in total. The molecule has 2 aliphatic rings. The maximum absolute atomic E-state index is 12.5. The molecule has 0 aromatic rings. The van der Waals surface area contributed by atoms with Crippen LogP contribution >= 0.6 is 0 Å². The fraction of sp³-hybridized carbons (Fsp3) is 0.933. The highest BCUT2D eigenvalue weighted by atomic mass is 16.2. The minimum Gasteiger partial charge on any atom is -0.353 e. The summed E-state index contributed by atoms with van der Waals surface area (Å²) in [6.45, 7) is 6.09. The Morgan fingerprint density at radius 1 is 1.53 bits per heavy atom. The molecule has 1 saturated heterocycles. The first-order chi connectivity index (χ1) is 9.09. The van der Waals surface area contributed by atoms with Crippen molar-refractivity contribution in [2.24, 2.45) is 0 Å². The average Bonchev–Trinajstić information content (AvgIpc) is 3.15. The number of carbonyl (C=O) groups excluding carboxylic acids is 1. The zero-order valence-electron chi connectivity index (χ0n) is 12.7. The molecule has 4 nitrogen and oxygen atoms in total. The van der Waals surface area contributed by atoms with Gasteiger partial charge in [-0.1, -0.05) is 13.3 Å². The van der Waals surface area contributed by atoms with E-state index in [0.29, 0.717) is 6.04 Å². The Bertz CT molecular complexity index is 309. The fourth-order valence-corrected chi connectivity index (χ4v) is 3.15. The summed E-state index contributed by atoms with van der Waals surface area (Å²) in [7, 11) is 2.17. The molecule has 1 saturated carbocycles. The summed E-state index contributed by atoms with van der Waals surface area (Å²) in [4.78, 5) is 14.9. The summed E-state index contributed by atoms with van der Waals surface area (Å²) in [6, 6.07) is 1.18. The van der Waals surface area contributed by atoms with Crippen molar-refractivity contribution in [3.63, 3.8) is 0 Å². The first-order valence-electron chi connectivity index (χ1n) is 7.84. The molecule has 0 bridgehead atoms. The van der Waals surface area contributed by atoms with Gasteiger partial charge in [0, 0.05) is 18.6 Å². The van der Waals surface area contributed by atoms with Crippen LogP contribution in [0.2, 0.25) is 0 Å². The van der Waals surface area contributed by atoms with Gasteiger partial charge in [0.1, 0.15) is 0 Å². The van der Waals surface area contributed by atoms with E-state index in [4.69, 9.17) is 0 Å². The van der Waals surface area contributed by atoms with Crippen molar-refractivity contribution in [2.75, 3.05) is 20.1 Å². The second-order valence-electron chi connectivity index (χ2n) is 6.32. The lowest BCUT2D eigenvalue weighted by molar-refractivity contribution is -0.127. The number of hydrogen-bond donors (Lipinski definition) is 2. The van der Waals surface area contributed by atoms with E-state index >= 15 is 0 Å². The summed E-state index contributed by atoms with van der Waals surface area (Å²) < 4.78 is 0. The Balaban J connectivity index is 1.81. The topological polar surface area (TPSA) is 44.4 Å². The highest BCUT2D eigenvalue weighted by molar-refractivity contribution is 5.86. The molecule has 1 aliphatic heterocycles. The van der Waals surface area contributed by atoms with E-state index in [9.17, 15) is 4.79 Å². The third kappa shape index (κ3) is 3.48. The smallest absolute Gasteiger partial charge is 0.240 e. The van der Waals surface area contributed by atoms with Gasteiger partial charge in [0.2, 0.25) is 5.91 Å². The Hall–Kier alpha value is -0.610. The molecule has 2 rings (SSSR count). The zero-order chi connectivity index (χ0) is 13.9. The molecule has 0 spiro atoms. The van der Waals surface area contributed by atoms with E-state index < -0.39 is 0 Å². The van der Waals surface area contributed by atoms with Crippen molar-refractivity contribution in [2.45, 2.75) is 70.0 Å². The second-order valence-corrected chi connectivity index (χ2v) is 6.32. The summed E-state index contributed by atoms with van der Waals surface area (Å²) in [5, 5.41) is 6.60. The van der Waals surface area contributed by atoms with Crippen molar-refractivity contribution in [3.05, 3.63) is 0 Å². The molecule has 1 aliphatic carbocycles. The van der Waals surface area contributed by atoms with Gasteiger partial charge < -0.3 is 10.6 Å². The maximum atomic E-state index is 12.5. The van der Waals surface area contributed by atoms with Gasteiger partial charge >= 0.3 is 0 Å². The predicted octanol–water partition coefficient (Wildman–Crippen LogP) is 1.51. The number of rotatable bonds is 7. The summed E-state index contributed by atoms with van der Waals surface area (Å²) in [5.74, 6) is 0.211. The minimum absolute atomic E-state index is 0.211. The largest absolute Gasteiger partial charge is 0.353 e. The van der Waals surface area contributed by atoms with Gasteiger partial charge in [0.05, 0.1) is 5.54 Å². The van der Waals surface area contributed by atoms with E-state index in [1.165, 1.54) is 12.8 Å². The Labute approximate surface area is 117 Å². The van der Waals surface area contributed by atoms with Crippen LogP contribution in [-0.4, -0.2) is 48.6 Å². The molecular formula is C15H29N3O. The van der Waals surface area contributed by atoms with Crippen molar-refractivity contribution in [1.82, 2.24) is 15.5 Å². The number of likely N-dealkylation sites (N-methyl/N-ethyl adjacent to an activating group) is 1. The van der Waals surface area contributed by atoms with Gasteiger partial charge in [-0.15, -0.1) is 0 Å². The Kier molecular flexibility index (Phi) is 4.85. The first kappa shape index (κ1) is 14.8. The number of amides is 1. The van der Waals surface area contributed by atoms with Crippen molar-refractivity contribution in [3.8, 4) is 0 Å². The number of hydrogen-bond acceptors (Lipinski definition) is 3. The van der Waals surface area contributed by atoms with E-state index in [0.717, 1.165) is 44.8 Å². The van der Waals surface area contributed by atoms with Gasteiger partial charge in [0.25, 0.3) is 0 Å². The molecule has 0 aromatic carbocycles. The Morgan fingerprint density at radius 3 is 2.79 bits per heavy atom. The molecule has 110 valence electrons. The van der Waals surface area contributed by atoms with Crippen LogP contribution in [0.5, 0.6) is 0 Å². The quantitative estimate of drug-likeness (QED) is 0.735. The molecule has 19 heavy (non-hydrogen) atoms. The van der Waals surface area contributed by atoms with Crippen LogP contribution in [0, 0.1) is 0 Å².